The molecule has 0 aliphatic rings. The van der Waals surface area contributed by atoms with Gasteiger partial charge in [-0.2, -0.15) is 23.1 Å². The van der Waals surface area contributed by atoms with Gasteiger partial charge in [0.2, 0.25) is 5.78 Å². The normalized spacial score (nSPS) is 11.5. The minimum Gasteiger partial charge on any atom is -0.454 e. The van der Waals surface area contributed by atoms with Crippen molar-refractivity contribution in [2.24, 2.45) is 5.41 Å². The number of amides is 2. The number of nitrogens with zero attached hydrogens (tertiary/aromatic N) is 4. The molecule has 17 heteroatoms. The Hall–Kier alpha value is -5.25. The number of ether oxygens (including phenoxy) is 1. The van der Waals surface area contributed by atoms with Crippen molar-refractivity contribution in [2.75, 3.05) is 30.3 Å². The molecule has 0 atom stereocenters. The number of anilines is 3. The van der Waals surface area contributed by atoms with Crippen LogP contribution in [0.15, 0.2) is 59.3 Å². The highest BCUT2D eigenvalue weighted by Crippen LogP contribution is 2.23. The number of rotatable bonds is 15. The van der Waals surface area contributed by atoms with Gasteiger partial charge < -0.3 is 30.5 Å². The molecule has 254 valence electrons. The monoisotopic (exact) mass is 688 g/mol. The topological polar surface area (TPSA) is 173 Å². The molecule has 0 spiro atoms. The molecule has 0 saturated carbocycles. The van der Waals surface area contributed by atoms with Gasteiger partial charge in [-0.3, -0.25) is 14.4 Å². The van der Waals surface area contributed by atoms with Gasteiger partial charge in [0.05, 0.1) is 17.7 Å². The molecule has 13 nitrogen and oxygen atoms in total. The first-order chi connectivity index (χ1) is 22.6. The van der Waals surface area contributed by atoms with E-state index in [0.717, 1.165) is 5.56 Å². The molecule has 1 aromatic carbocycles. The van der Waals surface area contributed by atoms with Gasteiger partial charge in [0.15, 0.2) is 6.61 Å². The average molecular weight is 689 g/mol. The lowest BCUT2D eigenvalue weighted by Gasteiger charge is -2.25. The Morgan fingerprint density at radius 1 is 0.938 bits per heavy atom. The van der Waals surface area contributed by atoms with Gasteiger partial charge in [0.25, 0.3) is 11.8 Å². The molecule has 2 amide bonds. The number of halogens is 4. The Labute approximate surface area is 278 Å². The maximum absolute atomic E-state index is 12.8. The number of aromatic nitrogens is 4. The minimum atomic E-state index is -4.60. The maximum atomic E-state index is 12.8. The third-order valence-corrected chi connectivity index (χ3v) is 6.72. The van der Waals surface area contributed by atoms with Crippen LogP contribution in [0.5, 0.6) is 6.01 Å². The van der Waals surface area contributed by atoms with Crippen molar-refractivity contribution < 1.29 is 36.8 Å². The fourth-order valence-corrected chi connectivity index (χ4v) is 4.09. The molecule has 0 unspecified atom stereocenters. The lowest BCUT2D eigenvalue weighted by molar-refractivity contribution is -0.154. The van der Waals surface area contributed by atoms with E-state index < -0.39 is 41.8 Å². The van der Waals surface area contributed by atoms with Crippen LogP contribution < -0.4 is 26.0 Å². The van der Waals surface area contributed by atoms with Gasteiger partial charge in [-0.05, 0) is 42.2 Å². The summed E-state index contributed by atoms with van der Waals surface area (Å²) in [5, 5.41) is 15.5. The number of benzene rings is 1. The molecule has 0 fully saturated rings. The third-order valence-electron chi connectivity index (χ3n) is 6.47. The zero-order chi connectivity index (χ0) is 34.9. The van der Waals surface area contributed by atoms with Crippen molar-refractivity contribution in [3.8, 4) is 6.01 Å². The van der Waals surface area contributed by atoms with E-state index in [0.29, 0.717) is 23.0 Å². The summed E-state index contributed by atoms with van der Waals surface area (Å²) in [6, 6.07) is 12.5. The molecule has 4 N–H and O–H groups in total. The SMILES string of the molecule is Cc1cc(CC(=O)C(=O)NCC(C)(C)CNC(=O)c2ccc(Nc3cc(NCc4ccc(Cl)cc4)nc(OCC(F)(F)F)n3)nc2)no1. The first kappa shape index (κ1) is 35.6. The van der Waals surface area contributed by atoms with Crippen molar-refractivity contribution in [3.63, 3.8) is 0 Å². The number of ketones is 1. The molecule has 3 heterocycles. The fraction of sp³-hybridized carbons (Fsp3) is 0.323. The van der Waals surface area contributed by atoms with Crippen LogP contribution in [0.1, 0.15) is 41.2 Å². The lowest BCUT2D eigenvalue weighted by atomic mass is 9.93. The van der Waals surface area contributed by atoms with Crippen LogP contribution in [0.25, 0.3) is 0 Å². The van der Waals surface area contributed by atoms with Crippen LogP contribution >= 0.6 is 11.6 Å². The largest absolute Gasteiger partial charge is 0.454 e. The lowest BCUT2D eigenvalue weighted by Crippen LogP contribution is -2.44. The molecule has 0 radical (unpaired) electrons. The molecule has 4 aromatic rings. The van der Waals surface area contributed by atoms with Crippen molar-refractivity contribution in [3.05, 3.63) is 82.3 Å². The smallest absolute Gasteiger partial charge is 0.422 e. The summed E-state index contributed by atoms with van der Waals surface area (Å²) >= 11 is 5.92. The van der Waals surface area contributed by atoms with Gasteiger partial charge in [-0.1, -0.05) is 42.7 Å². The Bertz CT molecular complexity index is 1730. The van der Waals surface area contributed by atoms with E-state index in [1.54, 1.807) is 51.1 Å². The Kier molecular flexibility index (Phi) is 11.5. The van der Waals surface area contributed by atoms with Gasteiger partial charge in [0, 0.05) is 43.0 Å². The van der Waals surface area contributed by atoms with Gasteiger partial charge in [-0.15, -0.1) is 0 Å². The predicted octanol–water partition coefficient (Wildman–Crippen LogP) is 4.80. The van der Waals surface area contributed by atoms with E-state index >= 15 is 0 Å². The molecule has 0 aliphatic heterocycles. The second kappa shape index (κ2) is 15.6. The highest BCUT2D eigenvalue weighted by molar-refractivity contribution is 6.36. The first-order valence-corrected chi connectivity index (χ1v) is 14.8. The zero-order valence-corrected chi connectivity index (χ0v) is 26.8. The number of carbonyl (C=O) groups excluding carboxylic acids is 3. The number of hydrogen-bond acceptors (Lipinski definition) is 11. The molecule has 0 bridgehead atoms. The summed E-state index contributed by atoms with van der Waals surface area (Å²) in [5.74, 6) is -0.835. The van der Waals surface area contributed by atoms with Crippen LogP contribution in [-0.4, -0.2) is 63.6 Å². The van der Waals surface area contributed by atoms with E-state index in [2.05, 4.69) is 41.4 Å². The average Bonchev–Trinajstić information content (AvgIpc) is 3.45. The van der Waals surface area contributed by atoms with Crippen LogP contribution in [0.3, 0.4) is 0 Å². The zero-order valence-electron chi connectivity index (χ0n) is 26.1. The fourth-order valence-electron chi connectivity index (χ4n) is 3.97. The number of carbonyl (C=O) groups is 3. The van der Waals surface area contributed by atoms with E-state index in [9.17, 15) is 27.6 Å². The van der Waals surface area contributed by atoms with Crippen LogP contribution in [0, 0.1) is 12.3 Å². The summed E-state index contributed by atoms with van der Waals surface area (Å²) in [6.45, 7) is 4.27. The number of Topliss-reactive ketones (excluding diaryl/α,β-unsaturated/α-hetero) is 1. The first-order valence-electron chi connectivity index (χ1n) is 14.5. The van der Waals surface area contributed by atoms with Crippen LogP contribution in [0.2, 0.25) is 5.02 Å². The van der Waals surface area contributed by atoms with Crippen molar-refractivity contribution in [2.45, 2.75) is 39.9 Å². The van der Waals surface area contributed by atoms with E-state index in [1.165, 1.54) is 24.4 Å². The van der Waals surface area contributed by atoms with E-state index in [4.69, 9.17) is 20.9 Å². The van der Waals surface area contributed by atoms with Crippen molar-refractivity contribution in [1.82, 2.24) is 30.7 Å². The number of nitrogens with one attached hydrogen (secondary N) is 4. The van der Waals surface area contributed by atoms with Crippen molar-refractivity contribution >= 4 is 46.7 Å². The van der Waals surface area contributed by atoms with E-state index in [1.807, 2.05) is 0 Å². The second-order valence-electron chi connectivity index (χ2n) is 11.4. The van der Waals surface area contributed by atoms with E-state index in [-0.39, 0.29) is 42.5 Å². The van der Waals surface area contributed by atoms with Gasteiger partial charge in [-0.25, -0.2) is 4.98 Å². The molecule has 0 aliphatic carbocycles. The molecule has 0 saturated heterocycles. The molecular formula is C31H32ClF3N8O5. The van der Waals surface area contributed by atoms with Crippen molar-refractivity contribution in [1.29, 1.82) is 0 Å². The Morgan fingerprint density at radius 2 is 1.65 bits per heavy atom. The maximum Gasteiger partial charge on any atom is 0.422 e. The standard InChI is InChI=1S/C31H32ClF3N8O5/c1-18-10-22(43-48-18)11-23(44)28(46)39-16-30(2,3)15-38-27(45)20-6-9-24(37-14-20)40-26-12-25(36-13-19-4-7-21(32)8-5-19)41-29(42-26)47-17-31(33,34)35/h4-10,12,14H,11,13,15-17H2,1-3H3,(H,38,45)(H,39,46)(H2,36,37,40,41,42). The summed E-state index contributed by atoms with van der Waals surface area (Å²) in [6.07, 6.45) is -3.48. The molecular weight excluding hydrogens is 657 g/mol. The van der Waals surface area contributed by atoms with Crippen LogP contribution in [-0.2, 0) is 22.6 Å². The quantitative estimate of drug-likeness (QED) is 0.126. The summed E-state index contributed by atoms with van der Waals surface area (Å²) in [4.78, 5) is 49.4. The predicted molar refractivity (Wildman–Crippen MR) is 169 cm³/mol. The third kappa shape index (κ3) is 11.5. The highest BCUT2D eigenvalue weighted by Gasteiger charge is 2.29. The molecule has 4 rings (SSSR count). The number of pyridine rings is 1. The molecule has 3 aromatic heterocycles. The van der Waals surface area contributed by atoms with Crippen LogP contribution in [0.4, 0.5) is 30.6 Å². The number of alkyl halides is 3. The Morgan fingerprint density at radius 3 is 2.29 bits per heavy atom. The summed E-state index contributed by atoms with van der Waals surface area (Å²) < 4.78 is 48.0. The summed E-state index contributed by atoms with van der Waals surface area (Å²) in [7, 11) is 0. The Balaban J connectivity index is 1.32. The molecule has 48 heavy (non-hydrogen) atoms. The number of hydrogen-bond donors (Lipinski definition) is 4. The van der Waals surface area contributed by atoms with Gasteiger partial charge in [0.1, 0.15) is 23.2 Å². The van der Waals surface area contributed by atoms with Gasteiger partial charge >= 0.3 is 12.2 Å². The number of aryl methyl sites for hydroxylation is 1. The summed E-state index contributed by atoms with van der Waals surface area (Å²) in [5.41, 5.74) is 0.820. The minimum absolute atomic E-state index is 0.0869. The highest BCUT2D eigenvalue weighted by atomic mass is 35.5. The second-order valence-corrected chi connectivity index (χ2v) is 11.9.